The third kappa shape index (κ3) is 5.70. The zero-order valence-corrected chi connectivity index (χ0v) is 20.0. The van der Waals surface area contributed by atoms with E-state index in [0.29, 0.717) is 30.1 Å². The number of nitrogens with zero attached hydrogens (tertiary/aromatic N) is 3. The van der Waals surface area contributed by atoms with Crippen LogP contribution >= 0.6 is 11.3 Å². The minimum atomic E-state index is -3.76. The number of esters is 1. The number of carbonyl (C=O) groups excluding carboxylic acids is 2. The quantitative estimate of drug-likeness (QED) is 0.430. The van der Waals surface area contributed by atoms with Crippen molar-refractivity contribution in [1.29, 1.82) is 0 Å². The maximum Gasteiger partial charge on any atom is 0.309 e. The number of ketones is 1. The fraction of sp³-hybridized carbons (Fsp3) is 0.524. The van der Waals surface area contributed by atoms with E-state index < -0.39 is 10.0 Å². The predicted molar refractivity (Wildman–Crippen MR) is 121 cm³/mol. The second kappa shape index (κ2) is 10.5. The Morgan fingerprint density at radius 3 is 2.59 bits per heavy atom. The third-order valence-electron chi connectivity index (χ3n) is 5.20. The van der Waals surface area contributed by atoms with Crippen molar-refractivity contribution in [3.8, 4) is 0 Å². The minimum absolute atomic E-state index is 0.0127. The molecular formula is C21H28N4O5S2. The Hall–Kier alpha value is -2.37. The van der Waals surface area contributed by atoms with E-state index in [2.05, 4.69) is 15.5 Å². The summed E-state index contributed by atoms with van der Waals surface area (Å²) < 4.78 is 32.6. The first-order valence-electron chi connectivity index (χ1n) is 10.6. The molecule has 1 aliphatic heterocycles. The van der Waals surface area contributed by atoms with Gasteiger partial charge in [-0.3, -0.25) is 9.59 Å². The zero-order valence-electron chi connectivity index (χ0n) is 18.4. The van der Waals surface area contributed by atoms with Gasteiger partial charge in [-0.2, -0.15) is 4.31 Å². The molecule has 1 aromatic carbocycles. The van der Waals surface area contributed by atoms with Gasteiger partial charge in [0.25, 0.3) is 0 Å². The number of benzene rings is 1. The van der Waals surface area contributed by atoms with Crippen molar-refractivity contribution in [3.63, 3.8) is 0 Å². The van der Waals surface area contributed by atoms with E-state index in [0.717, 1.165) is 5.01 Å². The van der Waals surface area contributed by atoms with Gasteiger partial charge < -0.3 is 10.1 Å². The summed E-state index contributed by atoms with van der Waals surface area (Å²) in [6.45, 7) is 6.55. The Kier molecular flexibility index (Phi) is 7.96. The number of piperidine rings is 1. The molecule has 0 spiro atoms. The molecule has 2 aromatic rings. The average molecular weight is 481 g/mol. The predicted octanol–water partition coefficient (Wildman–Crippen LogP) is 2.92. The number of sulfonamides is 1. The van der Waals surface area contributed by atoms with Crippen LogP contribution in [0.1, 0.15) is 54.9 Å². The van der Waals surface area contributed by atoms with Crippen LogP contribution in [0.15, 0.2) is 29.2 Å². The van der Waals surface area contributed by atoms with Crippen LogP contribution < -0.4 is 5.32 Å². The van der Waals surface area contributed by atoms with E-state index in [4.69, 9.17) is 4.74 Å². The highest BCUT2D eigenvalue weighted by atomic mass is 32.2. The molecule has 1 aromatic heterocycles. The molecule has 0 amide bonds. The summed E-state index contributed by atoms with van der Waals surface area (Å²) >= 11 is 1.39. The number of hydrogen-bond donors (Lipinski definition) is 1. The summed E-state index contributed by atoms with van der Waals surface area (Å²) in [5.41, 5.74) is 0.300. The van der Waals surface area contributed by atoms with Crippen molar-refractivity contribution in [2.24, 2.45) is 5.92 Å². The first-order chi connectivity index (χ1) is 15.2. The SMILES string of the molecule is CCOC(=O)C1CCN(S(=O)(=O)c2cccc(C(=O)CNc3nnc(C(C)C)s3)c2)CC1. The molecule has 0 saturated carbocycles. The number of aromatic nitrogens is 2. The summed E-state index contributed by atoms with van der Waals surface area (Å²) in [5.74, 6) is -0.551. The Morgan fingerprint density at radius 1 is 1.25 bits per heavy atom. The molecule has 32 heavy (non-hydrogen) atoms. The number of ether oxygens (including phenoxy) is 1. The normalized spacial score (nSPS) is 15.6. The van der Waals surface area contributed by atoms with Gasteiger partial charge >= 0.3 is 5.97 Å². The molecule has 1 aliphatic rings. The van der Waals surface area contributed by atoms with Crippen LogP contribution in [0.4, 0.5) is 5.13 Å². The van der Waals surface area contributed by atoms with Crippen LogP contribution in [-0.2, 0) is 19.6 Å². The lowest BCUT2D eigenvalue weighted by atomic mass is 9.98. The highest BCUT2D eigenvalue weighted by molar-refractivity contribution is 7.89. The number of anilines is 1. The molecule has 1 fully saturated rings. The lowest BCUT2D eigenvalue weighted by Gasteiger charge is -2.30. The maximum absolute atomic E-state index is 13.1. The minimum Gasteiger partial charge on any atom is -0.466 e. The number of nitrogens with one attached hydrogen (secondary N) is 1. The van der Waals surface area contributed by atoms with Gasteiger partial charge in [0.2, 0.25) is 15.2 Å². The second-order valence-electron chi connectivity index (χ2n) is 7.84. The Labute approximate surface area is 192 Å². The van der Waals surface area contributed by atoms with Gasteiger partial charge in [-0.25, -0.2) is 8.42 Å². The van der Waals surface area contributed by atoms with Gasteiger partial charge in [-0.05, 0) is 31.9 Å². The van der Waals surface area contributed by atoms with Crippen LogP contribution in [0.3, 0.4) is 0 Å². The monoisotopic (exact) mass is 480 g/mol. The first-order valence-corrected chi connectivity index (χ1v) is 12.8. The largest absolute Gasteiger partial charge is 0.466 e. The summed E-state index contributed by atoms with van der Waals surface area (Å²) in [6.07, 6.45) is 0.835. The highest BCUT2D eigenvalue weighted by Gasteiger charge is 2.33. The molecule has 0 aliphatic carbocycles. The van der Waals surface area contributed by atoms with Crippen LogP contribution in [0.2, 0.25) is 0 Å². The van der Waals surface area contributed by atoms with Gasteiger partial charge in [0.05, 0.1) is 24.0 Å². The van der Waals surface area contributed by atoms with Crippen LogP contribution in [0.25, 0.3) is 0 Å². The van der Waals surface area contributed by atoms with E-state index in [9.17, 15) is 18.0 Å². The fourth-order valence-corrected chi connectivity index (χ4v) is 5.63. The summed E-state index contributed by atoms with van der Waals surface area (Å²) in [4.78, 5) is 24.6. The Morgan fingerprint density at radius 2 is 1.97 bits per heavy atom. The molecule has 9 nitrogen and oxygen atoms in total. The summed E-state index contributed by atoms with van der Waals surface area (Å²) in [6, 6.07) is 6.04. The number of hydrogen-bond acceptors (Lipinski definition) is 9. The first kappa shape index (κ1) is 24.3. The number of carbonyl (C=O) groups is 2. The molecule has 0 bridgehead atoms. The van der Waals surface area contributed by atoms with Crippen LogP contribution in [0, 0.1) is 5.92 Å². The Balaban J connectivity index is 1.64. The molecule has 0 radical (unpaired) electrons. The average Bonchev–Trinajstić information content (AvgIpc) is 3.27. The molecule has 3 rings (SSSR count). The van der Waals surface area contributed by atoms with Crippen molar-refractivity contribution in [3.05, 3.63) is 34.8 Å². The maximum atomic E-state index is 13.1. The molecule has 2 heterocycles. The van der Waals surface area contributed by atoms with Crippen molar-refractivity contribution < 1.29 is 22.7 Å². The van der Waals surface area contributed by atoms with Crippen molar-refractivity contribution in [2.75, 3.05) is 31.6 Å². The van der Waals surface area contributed by atoms with Crippen LogP contribution in [0.5, 0.6) is 0 Å². The molecule has 0 atom stereocenters. The molecule has 0 unspecified atom stereocenters. The van der Waals surface area contributed by atoms with Gasteiger partial charge in [-0.15, -0.1) is 10.2 Å². The van der Waals surface area contributed by atoms with E-state index in [1.807, 2.05) is 13.8 Å². The molecule has 1 N–H and O–H groups in total. The van der Waals surface area contributed by atoms with Crippen LogP contribution in [-0.4, -0.2) is 60.9 Å². The molecular weight excluding hydrogens is 452 g/mol. The van der Waals surface area contributed by atoms with E-state index >= 15 is 0 Å². The van der Waals surface area contributed by atoms with E-state index in [1.54, 1.807) is 19.1 Å². The summed E-state index contributed by atoms with van der Waals surface area (Å²) in [5, 5.41) is 12.5. The van der Waals surface area contributed by atoms with E-state index in [1.165, 1.54) is 27.8 Å². The summed E-state index contributed by atoms with van der Waals surface area (Å²) in [7, 11) is -3.76. The third-order valence-corrected chi connectivity index (χ3v) is 8.28. The van der Waals surface area contributed by atoms with Crippen molar-refractivity contribution in [2.45, 2.75) is 44.4 Å². The fourth-order valence-electron chi connectivity index (χ4n) is 3.37. The topological polar surface area (TPSA) is 119 Å². The van der Waals surface area contributed by atoms with Gasteiger partial charge in [-0.1, -0.05) is 37.3 Å². The van der Waals surface area contributed by atoms with Crippen molar-refractivity contribution >= 4 is 38.2 Å². The number of Topliss-reactive ketones (excluding diaryl/α,β-unsaturated/α-hetero) is 1. The standard InChI is InChI=1S/C21H28N4O5S2/c1-4-30-20(27)15-8-10-25(11-9-15)32(28,29)17-7-5-6-16(12-17)18(26)13-22-21-24-23-19(31-21)14(2)3/h5-7,12,14-15H,4,8-11,13H2,1-3H3,(H,22,24). The molecule has 11 heteroatoms. The van der Waals surface area contributed by atoms with Gasteiger partial charge in [0, 0.05) is 24.6 Å². The zero-order chi connectivity index (χ0) is 23.3. The smallest absolute Gasteiger partial charge is 0.309 e. The molecule has 174 valence electrons. The highest BCUT2D eigenvalue weighted by Crippen LogP contribution is 2.26. The van der Waals surface area contributed by atoms with Gasteiger partial charge in [0.1, 0.15) is 5.01 Å². The lowest BCUT2D eigenvalue weighted by Crippen LogP contribution is -2.40. The Bertz CT molecular complexity index is 1060. The molecule has 1 saturated heterocycles. The van der Waals surface area contributed by atoms with Gasteiger partial charge in [0.15, 0.2) is 5.78 Å². The second-order valence-corrected chi connectivity index (χ2v) is 10.8. The lowest BCUT2D eigenvalue weighted by molar-refractivity contribution is -0.149. The number of rotatable bonds is 9. The van der Waals surface area contributed by atoms with E-state index in [-0.39, 0.29) is 48.1 Å². The van der Waals surface area contributed by atoms with Crippen molar-refractivity contribution in [1.82, 2.24) is 14.5 Å².